The molecule has 0 heterocycles. The maximum atomic E-state index is 13.6. The van der Waals surface area contributed by atoms with E-state index < -0.39 is 28.5 Å². The zero-order valence-corrected chi connectivity index (χ0v) is 22.0. The Bertz CT molecular complexity index is 1090. The second-order valence-electron chi connectivity index (χ2n) is 8.44. The van der Waals surface area contributed by atoms with Crippen LogP contribution in [0.4, 0.5) is 5.69 Å². The summed E-state index contributed by atoms with van der Waals surface area (Å²) >= 11 is 5.95. The van der Waals surface area contributed by atoms with Gasteiger partial charge >= 0.3 is 0 Å². The van der Waals surface area contributed by atoms with Crippen LogP contribution in [0.15, 0.2) is 48.5 Å². The summed E-state index contributed by atoms with van der Waals surface area (Å²) in [5.74, 6) is -0.717. The summed E-state index contributed by atoms with van der Waals surface area (Å²) in [5.41, 5.74) is 2.20. The molecule has 2 rings (SSSR count). The Balaban J connectivity index is 2.44. The molecular formula is C25H34ClN3O4S. The first-order valence-electron chi connectivity index (χ1n) is 11.4. The quantitative estimate of drug-likeness (QED) is 0.495. The Labute approximate surface area is 208 Å². The van der Waals surface area contributed by atoms with Crippen molar-refractivity contribution in [3.05, 3.63) is 64.7 Å². The van der Waals surface area contributed by atoms with E-state index >= 15 is 0 Å². The van der Waals surface area contributed by atoms with Crippen LogP contribution in [0, 0.1) is 6.92 Å². The number of carbonyl (C=O) groups excluding carboxylic acids is 2. The molecule has 0 saturated carbocycles. The van der Waals surface area contributed by atoms with E-state index in [-0.39, 0.29) is 18.5 Å². The maximum Gasteiger partial charge on any atom is 0.244 e. The first-order chi connectivity index (χ1) is 16.0. The van der Waals surface area contributed by atoms with Crippen LogP contribution >= 0.6 is 11.6 Å². The van der Waals surface area contributed by atoms with Crippen molar-refractivity contribution in [2.45, 2.75) is 59.2 Å². The molecule has 0 aliphatic rings. The summed E-state index contributed by atoms with van der Waals surface area (Å²) < 4.78 is 26.2. The predicted octanol–water partition coefficient (Wildman–Crippen LogP) is 4.14. The summed E-state index contributed by atoms with van der Waals surface area (Å²) in [6, 6.07) is 13.1. The van der Waals surface area contributed by atoms with Crippen molar-refractivity contribution in [3.8, 4) is 0 Å². The highest BCUT2D eigenvalue weighted by atomic mass is 35.5. The highest BCUT2D eigenvalue weighted by Gasteiger charge is 2.32. The Morgan fingerprint density at radius 3 is 2.18 bits per heavy atom. The number of nitrogens with zero attached hydrogens (tertiary/aromatic N) is 2. The van der Waals surface area contributed by atoms with Gasteiger partial charge < -0.3 is 10.2 Å². The van der Waals surface area contributed by atoms with E-state index in [4.69, 9.17) is 11.6 Å². The molecule has 7 nitrogen and oxygen atoms in total. The normalized spacial score (nSPS) is 13.1. The number of hydrogen-bond donors (Lipinski definition) is 1. The van der Waals surface area contributed by atoms with Crippen molar-refractivity contribution in [1.29, 1.82) is 0 Å². The molecule has 0 unspecified atom stereocenters. The molecule has 186 valence electrons. The first-order valence-corrected chi connectivity index (χ1v) is 13.6. The fourth-order valence-corrected chi connectivity index (χ4v) is 4.53. The minimum atomic E-state index is -3.77. The van der Waals surface area contributed by atoms with Crippen molar-refractivity contribution in [2.75, 3.05) is 17.1 Å². The number of rotatable bonds is 11. The van der Waals surface area contributed by atoms with Gasteiger partial charge in [-0.15, -0.1) is 0 Å². The monoisotopic (exact) mass is 507 g/mol. The van der Waals surface area contributed by atoms with Crippen molar-refractivity contribution in [2.24, 2.45) is 0 Å². The van der Waals surface area contributed by atoms with Crippen molar-refractivity contribution >= 4 is 39.1 Å². The van der Waals surface area contributed by atoms with Crippen LogP contribution in [0.25, 0.3) is 0 Å². The van der Waals surface area contributed by atoms with Crippen LogP contribution in [0.5, 0.6) is 0 Å². The summed E-state index contributed by atoms with van der Waals surface area (Å²) in [5, 5.41) is 3.41. The van der Waals surface area contributed by atoms with Crippen LogP contribution < -0.4 is 9.62 Å². The molecule has 2 aromatic carbocycles. The first kappa shape index (κ1) is 27.7. The number of nitrogens with one attached hydrogen (secondary N) is 1. The summed E-state index contributed by atoms with van der Waals surface area (Å²) in [4.78, 5) is 28.2. The third-order valence-electron chi connectivity index (χ3n) is 5.78. The van der Waals surface area contributed by atoms with E-state index in [1.807, 2.05) is 52.0 Å². The molecule has 34 heavy (non-hydrogen) atoms. The fraction of sp³-hybridized carbons (Fsp3) is 0.440. The lowest BCUT2D eigenvalue weighted by Gasteiger charge is -2.33. The summed E-state index contributed by atoms with van der Waals surface area (Å²) in [7, 11) is -3.77. The lowest BCUT2D eigenvalue weighted by molar-refractivity contribution is -0.140. The standard InChI is InChI=1S/C25H34ClN3O4S/c1-6-19(4)27-25(31)23(7-2)28(16-20-11-9-8-10-18(20)3)24(30)17-29(34(5,32)33)22-14-12-21(26)13-15-22/h8-15,19,23H,6-7,16-17H2,1-5H3,(H,27,31)/t19-,23+/m1/s1. The topological polar surface area (TPSA) is 86.8 Å². The molecule has 0 aliphatic heterocycles. The smallest absolute Gasteiger partial charge is 0.244 e. The maximum absolute atomic E-state index is 13.6. The molecule has 0 fully saturated rings. The van der Waals surface area contributed by atoms with E-state index in [0.717, 1.165) is 28.1 Å². The Morgan fingerprint density at radius 1 is 1.03 bits per heavy atom. The van der Waals surface area contributed by atoms with Gasteiger partial charge in [0.15, 0.2) is 0 Å². The van der Waals surface area contributed by atoms with Crippen LogP contribution in [0.2, 0.25) is 5.02 Å². The number of anilines is 1. The number of halogens is 1. The molecule has 0 saturated heterocycles. The molecule has 0 bridgehead atoms. The Morgan fingerprint density at radius 2 is 1.65 bits per heavy atom. The second-order valence-corrected chi connectivity index (χ2v) is 10.8. The number of amides is 2. The van der Waals surface area contributed by atoms with Gasteiger partial charge in [0, 0.05) is 17.6 Å². The Hall–Kier alpha value is -2.58. The molecule has 2 atom stereocenters. The van der Waals surface area contributed by atoms with E-state index in [1.165, 1.54) is 4.90 Å². The van der Waals surface area contributed by atoms with Gasteiger partial charge in [0.1, 0.15) is 12.6 Å². The van der Waals surface area contributed by atoms with Gasteiger partial charge in [-0.25, -0.2) is 8.42 Å². The van der Waals surface area contributed by atoms with Gasteiger partial charge in [0.05, 0.1) is 11.9 Å². The van der Waals surface area contributed by atoms with Crippen molar-refractivity contribution < 1.29 is 18.0 Å². The second kappa shape index (κ2) is 12.2. The molecule has 0 radical (unpaired) electrons. The summed E-state index contributed by atoms with van der Waals surface area (Å²) in [6.07, 6.45) is 2.19. The number of aryl methyl sites for hydroxylation is 1. The van der Waals surface area contributed by atoms with Gasteiger partial charge in [-0.05, 0) is 62.1 Å². The lowest BCUT2D eigenvalue weighted by Crippen LogP contribution is -2.53. The van der Waals surface area contributed by atoms with Gasteiger partial charge in [-0.3, -0.25) is 13.9 Å². The number of carbonyl (C=O) groups is 2. The average molecular weight is 508 g/mol. The van der Waals surface area contributed by atoms with Crippen LogP contribution in [-0.4, -0.2) is 50.0 Å². The molecular weight excluding hydrogens is 474 g/mol. The predicted molar refractivity (Wildman–Crippen MR) is 137 cm³/mol. The zero-order valence-electron chi connectivity index (χ0n) is 20.4. The minimum absolute atomic E-state index is 0.0430. The van der Waals surface area contributed by atoms with Gasteiger partial charge in [-0.2, -0.15) is 0 Å². The molecule has 2 amide bonds. The van der Waals surface area contributed by atoms with Crippen molar-refractivity contribution in [3.63, 3.8) is 0 Å². The molecule has 9 heteroatoms. The molecule has 0 spiro atoms. The Kier molecular flexibility index (Phi) is 9.94. The summed E-state index contributed by atoms with van der Waals surface area (Å²) in [6.45, 7) is 7.42. The van der Waals surface area contributed by atoms with Gasteiger partial charge in [0.2, 0.25) is 21.8 Å². The largest absolute Gasteiger partial charge is 0.352 e. The SMILES string of the molecule is CC[C@@H](C)NC(=O)[C@H](CC)N(Cc1ccccc1C)C(=O)CN(c1ccc(Cl)cc1)S(C)(=O)=O. The van der Waals surface area contributed by atoms with Gasteiger partial charge in [0.25, 0.3) is 0 Å². The van der Waals surface area contributed by atoms with E-state index in [2.05, 4.69) is 5.32 Å². The third-order valence-corrected chi connectivity index (χ3v) is 7.18. The minimum Gasteiger partial charge on any atom is -0.352 e. The number of hydrogen-bond acceptors (Lipinski definition) is 4. The van der Waals surface area contributed by atoms with Crippen molar-refractivity contribution in [1.82, 2.24) is 10.2 Å². The highest BCUT2D eigenvalue weighted by Crippen LogP contribution is 2.22. The van der Waals surface area contributed by atoms with Crippen LogP contribution in [0.3, 0.4) is 0 Å². The van der Waals surface area contributed by atoms with Gasteiger partial charge in [-0.1, -0.05) is 49.7 Å². The molecule has 0 aliphatic carbocycles. The molecule has 0 aromatic heterocycles. The third kappa shape index (κ3) is 7.46. The van der Waals surface area contributed by atoms with E-state index in [9.17, 15) is 18.0 Å². The number of sulfonamides is 1. The fourth-order valence-electron chi connectivity index (χ4n) is 3.55. The molecule has 1 N–H and O–H groups in total. The molecule has 2 aromatic rings. The zero-order chi connectivity index (χ0) is 25.5. The average Bonchev–Trinajstić information content (AvgIpc) is 2.78. The number of benzene rings is 2. The lowest BCUT2D eigenvalue weighted by atomic mass is 10.1. The van der Waals surface area contributed by atoms with E-state index in [1.54, 1.807) is 24.3 Å². The van der Waals surface area contributed by atoms with E-state index in [0.29, 0.717) is 17.1 Å². The highest BCUT2D eigenvalue weighted by molar-refractivity contribution is 7.92. The van der Waals surface area contributed by atoms with Crippen LogP contribution in [0.1, 0.15) is 44.7 Å². The van der Waals surface area contributed by atoms with Crippen LogP contribution in [-0.2, 0) is 26.2 Å².